The van der Waals surface area contributed by atoms with Crippen molar-refractivity contribution in [1.29, 1.82) is 0 Å². The van der Waals surface area contributed by atoms with E-state index in [4.69, 9.17) is 0 Å². The molecule has 23 heavy (non-hydrogen) atoms. The first kappa shape index (κ1) is 15.1. The quantitative estimate of drug-likeness (QED) is 0.666. The van der Waals surface area contributed by atoms with E-state index in [0.717, 1.165) is 11.3 Å². The van der Waals surface area contributed by atoms with Gasteiger partial charge in [0, 0.05) is 35.4 Å². The number of rotatable bonds is 5. The molecule has 0 saturated carbocycles. The lowest BCUT2D eigenvalue weighted by atomic mass is 10.2. The molecule has 0 spiro atoms. The normalized spacial score (nSPS) is 10.3. The van der Waals surface area contributed by atoms with Gasteiger partial charge in [-0.2, -0.15) is 0 Å². The first-order chi connectivity index (χ1) is 11.3. The smallest absolute Gasteiger partial charge is 0.260 e. The number of anilines is 1. The van der Waals surface area contributed by atoms with E-state index in [1.54, 1.807) is 35.5 Å². The second-order valence-electron chi connectivity index (χ2n) is 4.82. The summed E-state index contributed by atoms with van der Waals surface area (Å²) in [5.74, 6) is -0.110. The zero-order chi connectivity index (χ0) is 16.1. The molecule has 1 amide bonds. The summed E-state index contributed by atoms with van der Waals surface area (Å²) in [6.07, 6.45) is 4.91. The third kappa shape index (κ3) is 3.35. The maximum Gasteiger partial charge on any atom is 0.260 e. The SMILES string of the molecule is C=CCN(C(=O)c1ccncc1)c1nc(-c2ccccc2)cs1. The zero-order valence-corrected chi connectivity index (χ0v) is 13.2. The Labute approximate surface area is 138 Å². The van der Waals surface area contributed by atoms with Crippen LogP contribution >= 0.6 is 11.3 Å². The third-order valence-corrected chi connectivity index (χ3v) is 4.14. The van der Waals surface area contributed by atoms with Crippen LogP contribution in [-0.4, -0.2) is 22.4 Å². The molecule has 0 saturated heterocycles. The predicted octanol–water partition coefficient (Wildman–Crippen LogP) is 4.04. The second kappa shape index (κ2) is 6.98. The van der Waals surface area contributed by atoms with Gasteiger partial charge in [0.15, 0.2) is 5.13 Å². The molecule has 0 aliphatic carbocycles. The maximum absolute atomic E-state index is 12.7. The van der Waals surface area contributed by atoms with Crippen LogP contribution in [0.25, 0.3) is 11.3 Å². The van der Waals surface area contributed by atoms with Crippen molar-refractivity contribution in [2.75, 3.05) is 11.4 Å². The summed E-state index contributed by atoms with van der Waals surface area (Å²) in [6.45, 7) is 4.14. The van der Waals surface area contributed by atoms with Crippen molar-refractivity contribution in [2.24, 2.45) is 0 Å². The summed E-state index contributed by atoms with van der Waals surface area (Å²) in [5.41, 5.74) is 2.48. The molecule has 0 atom stereocenters. The van der Waals surface area contributed by atoms with Crippen LogP contribution in [0.2, 0.25) is 0 Å². The second-order valence-corrected chi connectivity index (χ2v) is 5.66. The number of carbonyl (C=O) groups excluding carboxylic acids is 1. The van der Waals surface area contributed by atoms with Gasteiger partial charge in [0.05, 0.1) is 5.69 Å². The van der Waals surface area contributed by atoms with E-state index in [2.05, 4.69) is 16.5 Å². The number of carbonyl (C=O) groups is 1. The van der Waals surface area contributed by atoms with Crippen molar-refractivity contribution in [1.82, 2.24) is 9.97 Å². The van der Waals surface area contributed by atoms with Crippen LogP contribution in [0.3, 0.4) is 0 Å². The molecule has 0 fully saturated rings. The van der Waals surface area contributed by atoms with Gasteiger partial charge in [-0.05, 0) is 12.1 Å². The Morgan fingerprint density at radius 3 is 2.61 bits per heavy atom. The van der Waals surface area contributed by atoms with Crippen molar-refractivity contribution < 1.29 is 4.79 Å². The van der Waals surface area contributed by atoms with Gasteiger partial charge >= 0.3 is 0 Å². The lowest BCUT2D eigenvalue weighted by Crippen LogP contribution is -2.30. The Morgan fingerprint density at radius 2 is 1.91 bits per heavy atom. The molecular weight excluding hydrogens is 306 g/mol. The molecular formula is C18H15N3OS. The summed E-state index contributed by atoms with van der Waals surface area (Å²) < 4.78 is 0. The van der Waals surface area contributed by atoms with Gasteiger partial charge in [-0.3, -0.25) is 14.7 Å². The Balaban J connectivity index is 1.92. The average Bonchev–Trinajstić information content (AvgIpc) is 3.10. The van der Waals surface area contributed by atoms with Gasteiger partial charge in [0.25, 0.3) is 5.91 Å². The highest BCUT2D eigenvalue weighted by molar-refractivity contribution is 7.14. The van der Waals surface area contributed by atoms with E-state index >= 15 is 0 Å². The molecule has 0 radical (unpaired) electrons. The standard InChI is InChI=1S/C18H15N3OS/c1-2-12-21(17(22)15-8-10-19-11-9-15)18-20-16(13-23-18)14-6-4-3-5-7-14/h2-11,13H,1,12H2. The molecule has 3 rings (SSSR count). The maximum atomic E-state index is 12.7. The van der Waals surface area contributed by atoms with E-state index in [0.29, 0.717) is 17.2 Å². The summed E-state index contributed by atoms with van der Waals surface area (Å²) in [7, 11) is 0. The van der Waals surface area contributed by atoms with Crippen molar-refractivity contribution in [2.45, 2.75) is 0 Å². The topological polar surface area (TPSA) is 46.1 Å². The number of nitrogens with zero attached hydrogens (tertiary/aromatic N) is 3. The Hall–Kier alpha value is -2.79. The first-order valence-electron chi connectivity index (χ1n) is 7.13. The van der Waals surface area contributed by atoms with Crippen LogP contribution in [0.4, 0.5) is 5.13 Å². The Bertz CT molecular complexity index is 799. The van der Waals surface area contributed by atoms with Crippen LogP contribution in [0, 0.1) is 0 Å². The summed E-state index contributed by atoms with van der Waals surface area (Å²) in [4.78, 5) is 22.9. The number of aromatic nitrogens is 2. The molecule has 0 aliphatic rings. The molecule has 2 heterocycles. The summed E-state index contributed by atoms with van der Waals surface area (Å²) in [5, 5.41) is 2.62. The van der Waals surface area contributed by atoms with Gasteiger partial charge in [0.2, 0.25) is 0 Å². The molecule has 2 aromatic heterocycles. The number of pyridine rings is 1. The molecule has 0 bridgehead atoms. The predicted molar refractivity (Wildman–Crippen MR) is 93.7 cm³/mol. The number of benzene rings is 1. The highest BCUT2D eigenvalue weighted by Gasteiger charge is 2.19. The lowest BCUT2D eigenvalue weighted by molar-refractivity contribution is 0.0989. The fourth-order valence-corrected chi connectivity index (χ4v) is 3.00. The van der Waals surface area contributed by atoms with Crippen molar-refractivity contribution in [3.63, 3.8) is 0 Å². The molecule has 0 aliphatic heterocycles. The van der Waals surface area contributed by atoms with Crippen LogP contribution < -0.4 is 4.90 Å². The van der Waals surface area contributed by atoms with E-state index in [1.165, 1.54) is 11.3 Å². The van der Waals surface area contributed by atoms with Gasteiger partial charge in [0.1, 0.15) is 0 Å². The molecule has 0 unspecified atom stereocenters. The molecule has 5 heteroatoms. The monoisotopic (exact) mass is 321 g/mol. The minimum Gasteiger partial charge on any atom is -0.280 e. The van der Waals surface area contributed by atoms with E-state index in [-0.39, 0.29) is 5.91 Å². The molecule has 0 N–H and O–H groups in total. The third-order valence-electron chi connectivity index (χ3n) is 3.28. The van der Waals surface area contributed by atoms with E-state index in [1.807, 2.05) is 35.7 Å². The van der Waals surface area contributed by atoms with Crippen molar-refractivity contribution in [3.8, 4) is 11.3 Å². The zero-order valence-electron chi connectivity index (χ0n) is 12.4. The fraction of sp³-hybridized carbons (Fsp3) is 0.0556. The van der Waals surface area contributed by atoms with E-state index < -0.39 is 0 Å². The van der Waals surface area contributed by atoms with Gasteiger partial charge in [-0.25, -0.2) is 4.98 Å². The van der Waals surface area contributed by atoms with Gasteiger partial charge in [-0.1, -0.05) is 36.4 Å². The highest BCUT2D eigenvalue weighted by Crippen LogP contribution is 2.28. The highest BCUT2D eigenvalue weighted by atomic mass is 32.1. The molecule has 3 aromatic rings. The number of hydrogen-bond acceptors (Lipinski definition) is 4. The lowest BCUT2D eigenvalue weighted by Gasteiger charge is -2.17. The van der Waals surface area contributed by atoms with Crippen LogP contribution in [0.15, 0.2) is 72.9 Å². The Morgan fingerprint density at radius 1 is 1.17 bits per heavy atom. The molecule has 4 nitrogen and oxygen atoms in total. The Kier molecular flexibility index (Phi) is 4.59. The van der Waals surface area contributed by atoms with Crippen molar-refractivity contribution >= 4 is 22.4 Å². The van der Waals surface area contributed by atoms with Crippen molar-refractivity contribution in [3.05, 3.63) is 78.5 Å². The number of amides is 1. The average molecular weight is 321 g/mol. The fourth-order valence-electron chi connectivity index (χ4n) is 2.16. The minimum atomic E-state index is -0.110. The first-order valence-corrected chi connectivity index (χ1v) is 8.01. The molecule has 1 aromatic carbocycles. The van der Waals surface area contributed by atoms with Crippen LogP contribution in [-0.2, 0) is 0 Å². The van der Waals surface area contributed by atoms with Crippen LogP contribution in [0.1, 0.15) is 10.4 Å². The number of hydrogen-bond donors (Lipinski definition) is 0. The minimum absolute atomic E-state index is 0.110. The van der Waals surface area contributed by atoms with E-state index in [9.17, 15) is 4.79 Å². The van der Waals surface area contributed by atoms with Gasteiger partial charge in [-0.15, -0.1) is 17.9 Å². The number of thiazole rings is 1. The summed E-state index contributed by atoms with van der Waals surface area (Å²) in [6, 6.07) is 13.3. The largest absolute Gasteiger partial charge is 0.280 e. The van der Waals surface area contributed by atoms with Crippen LogP contribution in [0.5, 0.6) is 0 Å². The molecule has 114 valence electrons. The van der Waals surface area contributed by atoms with Gasteiger partial charge < -0.3 is 0 Å². The summed E-state index contributed by atoms with van der Waals surface area (Å²) >= 11 is 1.45.